The minimum atomic E-state index is 0.692. The van der Waals surface area contributed by atoms with Gasteiger partial charge in [0, 0.05) is 23.6 Å². The number of nitrogens with one attached hydrogen (secondary N) is 1. The quantitative estimate of drug-likeness (QED) is 0.808. The summed E-state index contributed by atoms with van der Waals surface area (Å²) in [7, 11) is 0. The van der Waals surface area contributed by atoms with Crippen molar-refractivity contribution in [3.8, 4) is 0 Å². The van der Waals surface area contributed by atoms with Gasteiger partial charge in [0.15, 0.2) is 5.17 Å². The van der Waals surface area contributed by atoms with Crippen LogP contribution in [0.5, 0.6) is 0 Å². The molecule has 2 rings (SSSR count). The highest BCUT2D eigenvalue weighted by Crippen LogP contribution is 2.27. The normalized spacial score (nSPS) is 32.2. The Morgan fingerprint density at radius 2 is 2.13 bits per heavy atom. The summed E-state index contributed by atoms with van der Waals surface area (Å²) in [5.74, 6) is 1.24. The Balaban J connectivity index is 1.74. The lowest BCUT2D eigenvalue weighted by molar-refractivity contribution is 0.423. The average Bonchev–Trinajstić information content (AvgIpc) is 2.31. The Bertz CT molecular complexity index is 223. The summed E-state index contributed by atoms with van der Waals surface area (Å²) in [4.78, 5) is 4.53. The number of thioether (sulfide) groups is 2. The Morgan fingerprint density at radius 3 is 2.73 bits per heavy atom. The number of aliphatic imine (C=N–C) groups is 1. The third kappa shape index (κ3) is 3.59. The molecule has 0 spiro atoms. The molecule has 0 atom stereocenters. The van der Waals surface area contributed by atoms with Crippen molar-refractivity contribution in [1.82, 2.24) is 5.32 Å². The van der Waals surface area contributed by atoms with E-state index in [1.54, 1.807) is 0 Å². The van der Waals surface area contributed by atoms with E-state index >= 15 is 0 Å². The molecule has 0 unspecified atom stereocenters. The largest absolute Gasteiger partial charge is 0.362 e. The first-order valence-corrected chi connectivity index (χ1v) is 8.12. The average molecular weight is 244 g/mol. The number of rotatable bonds is 2. The van der Waals surface area contributed by atoms with Crippen LogP contribution in [0, 0.1) is 0 Å². The fourth-order valence-corrected chi connectivity index (χ4v) is 3.81. The fourth-order valence-electron chi connectivity index (χ4n) is 2.16. The lowest BCUT2D eigenvalue weighted by atomic mass is 9.95. The van der Waals surface area contributed by atoms with Gasteiger partial charge in [-0.3, -0.25) is 4.99 Å². The van der Waals surface area contributed by atoms with Crippen molar-refractivity contribution in [2.75, 3.05) is 18.6 Å². The van der Waals surface area contributed by atoms with E-state index in [9.17, 15) is 0 Å². The SMILES string of the molecule is CSC1CCC(NC2=NCCCS2)CC1. The van der Waals surface area contributed by atoms with E-state index in [1.807, 2.05) is 23.5 Å². The summed E-state index contributed by atoms with van der Waals surface area (Å²) in [5, 5.41) is 5.72. The highest BCUT2D eigenvalue weighted by atomic mass is 32.2. The van der Waals surface area contributed by atoms with Gasteiger partial charge in [0.25, 0.3) is 0 Å². The highest BCUT2D eigenvalue weighted by molar-refractivity contribution is 8.13. The second kappa shape index (κ2) is 6.04. The number of hydrogen-bond donors (Lipinski definition) is 1. The first-order valence-electron chi connectivity index (χ1n) is 5.85. The molecule has 0 amide bonds. The summed E-state index contributed by atoms with van der Waals surface area (Å²) in [6.07, 6.45) is 8.87. The standard InChI is InChI=1S/C11H20N2S2/c1-14-10-5-3-9(4-6-10)13-11-12-7-2-8-15-11/h9-10H,2-8H2,1H3,(H,12,13). The Hall–Kier alpha value is 0.170. The molecule has 86 valence electrons. The molecule has 1 fully saturated rings. The van der Waals surface area contributed by atoms with Crippen molar-refractivity contribution in [3.05, 3.63) is 0 Å². The monoisotopic (exact) mass is 244 g/mol. The molecule has 0 radical (unpaired) electrons. The molecule has 1 aliphatic heterocycles. The van der Waals surface area contributed by atoms with Crippen molar-refractivity contribution in [3.63, 3.8) is 0 Å². The second-order valence-electron chi connectivity index (χ2n) is 4.24. The van der Waals surface area contributed by atoms with Crippen molar-refractivity contribution in [2.45, 2.75) is 43.4 Å². The zero-order valence-corrected chi connectivity index (χ0v) is 11.0. The van der Waals surface area contributed by atoms with Crippen LogP contribution in [0.1, 0.15) is 32.1 Å². The van der Waals surface area contributed by atoms with Crippen LogP contribution in [0.25, 0.3) is 0 Å². The smallest absolute Gasteiger partial charge is 0.156 e. The Labute approximate surface area is 101 Å². The van der Waals surface area contributed by atoms with E-state index in [1.165, 1.54) is 43.0 Å². The first-order chi connectivity index (χ1) is 7.38. The molecule has 1 heterocycles. The summed E-state index contributed by atoms with van der Waals surface area (Å²) in [6.45, 7) is 1.02. The lowest BCUT2D eigenvalue weighted by Crippen LogP contribution is -2.37. The minimum absolute atomic E-state index is 0.692. The van der Waals surface area contributed by atoms with E-state index in [0.29, 0.717) is 6.04 Å². The topological polar surface area (TPSA) is 24.4 Å². The van der Waals surface area contributed by atoms with Gasteiger partial charge < -0.3 is 5.32 Å². The summed E-state index contributed by atoms with van der Waals surface area (Å²) in [5.41, 5.74) is 0. The van der Waals surface area contributed by atoms with Crippen molar-refractivity contribution >= 4 is 28.7 Å². The fraction of sp³-hybridized carbons (Fsp3) is 0.909. The molecule has 2 aliphatic rings. The third-order valence-electron chi connectivity index (χ3n) is 3.13. The Kier molecular flexibility index (Phi) is 4.69. The van der Waals surface area contributed by atoms with Gasteiger partial charge in [-0.1, -0.05) is 11.8 Å². The molecule has 0 aromatic carbocycles. The molecule has 4 heteroatoms. The van der Waals surface area contributed by atoms with Crippen LogP contribution in [-0.4, -0.2) is 35.0 Å². The van der Waals surface area contributed by atoms with Crippen LogP contribution < -0.4 is 5.32 Å². The molecule has 1 N–H and O–H groups in total. The molecule has 0 aromatic rings. The molecule has 0 bridgehead atoms. The number of hydrogen-bond acceptors (Lipinski definition) is 4. The van der Waals surface area contributed by atoms with Crippen LogP contribution in [-0.2, 0) is 0 Å². The van der Waals surface area contributed by atoms with Crippen molar-refractivity contribution in [1.29, 1.82) is 0 Å². The van der Waals surface area contributed by atoms with E-state index < -0.39 is 0 Å². The second-order valence-corrected chi connectivity index (χ2v) is 6.46. The molecule has 0 saturated heterocycles. The first kappa shape index (κ1) is 11.6. The van der Waals surface area contributed by atoms with Crippen molar-refractivity contribution < 1.29 is 0 Å². The van der Waals surface area contributed by atoms with E-state index in [2.05, 4.69) is 16.6 Å². The van der Waals surface area contributed by atoms with E-state index in [4.69, 9.17) is 0 Å². The molecular weight excluding hydrogens is 224 g/mol. The summed E-state index contributed by atoms with van der Waals surface area (Å²) >= 11 is 3.93. The molecule has 1 aliphatic carbocycles. The maximum absolute atomic E-state index is 4.53. The lowest BCUT2D eigenvalue weighted by Gasteiger charge is -2.29. The number of amidine groups is 1. The van der Waals surface area contributed by atoms with Gasteiger partial charge in [-0.25, -0.2) is 0 Å². The van der Waals surface area contributed by atoms with Crippen molar-refractivity contribution in [2.24, 2.45) is 4.99 Å². The highest BCUT2D eigenvalue weighted by Gasteiger charge is 2.21. The summed E-state index contributed by atoms with van der Waals surface area (Å²) < 4.78 is 0. The number of nitrogens with zero attached hydrogens (tertiary/aromatic N) is 1. The zero-order valence-electron chi connectivity index (χ0n) is 9.37. The maximum atomic E-state index is 4.53. The molecule has 15 heavy (non-hydrogen) atoms. The third-order valence-corrected chi connectivity index (χ3v) is 5.28. The predicted octanol–water partition coefficient (Wildman–Crippen LogP) is 2.74. The van der Waals surface area contributed by atoms with Gasteiger partial charge in [-0.05, 0) is 38.4 Å². The van der Waals surface area contributed by atoms with Gasteiger partial charge in [-0.15, -0.1) is 0 Å². The zero-order chi connectivity index (χ0) is 10.5. The molecular formula is C11H20N2S2. The van der Waals surface area contributed by atoms with Crippen LogP contribution in [0.3, 0.4) is 0 Å². The minimum Gasteiger partial charge on any atom is -0.362 e. The van der Waals surface area contributed by atoms with Gasteiger partial charge in [0.05, 0.1) is 0 Å². The van der Waals surface area contributed by atoms with Crippen LogP contribution in [0.15, 0.2) is 4.99 Å². The van der Waals surface area contributed by atoms with Crippen LogP contribution in [0.2, 0.25) is 0 Å². The van der Waals surface area contributed by atoms with Gasteiger partial charge in [0.1, 0.15) is 0 Å². The maximum Gasteiger partial charge on any atom is 0.156 e. The van der Waals surface area contributed by atoms with E-state index in [0.717, 1.165) is 11.8 Å². The summed E-state index contributed by atoms with van der Waals surface area (Å²) in [6, 6.07) is 0.692. The van der Waals surface area contributed by atoms with Crippen LogP contribution in [0.4, 0.5) is 0 Å². The molecule has 0 aromatic heterocycles. The molecule has 2 nitrogen and oxygen atoms in total. The van der Waals surface area contributed by atoms with E-state index in [-0.39, 0.29) is 0 Å². The van der Waals surface area contributed by atoms with Gasteiger partial charge in [0.2, 0.25) is 0 Å². The Morgan fingerprint density at radius 1 is 1.33 bits per heavy atom. The van der Waals surface area contributed by atoms with Gasteiger partial charge >= 0.3 is 0 Å². The molecule has 1 saturated carbocycles. The predicted molar refractivity (Wildman–Crippen MR) is 72.1 cm³/mol. The van der Waals surface area contributed by atoms with Crippen LogP contribution >= 0.6 is 23.5 Å². The van der Waals surface area contributed by atoms with Gasteiger partial charge in [-0.2, -0.15) is 11.8 Å².